The van der Waals surface area contributed by atoms with Crippen LogP contribution in [0.15, 0.2) is 42.6 Å². The van der Waals surface area contributed by atoms with Crippen LogP contribution in [0, 0.1) is 0 Å². The van der Waals surface area contributed by atoms with Crippen molar-refractivity contribution in [3.63, 3.8) is 0 Å². The molecule has 12 heavy (non-hydrogen) atoms. The quantitative estimate of drug-likeness (QED) is 0.415. The van der Waals surface area contributed by atoms with Gasteiger partial charge in [0.15, 0.2) is 0 Å². The number of hydrogen-bond donors (Lipinski definition) is 0. The van der Waals surface area contributed by atoms with Crippen LogP contribution < -0.4 is 0 Å². The molecule has 0 bridgehead atoms. The molecule has 0 aliphatic rings. The molecule has 66 valence electrons. The van der Waals surface area contributed by atoms with Gasteiger partial charge < -0.3 is 3.07 Å². The normalized spacial score (nSPS) is 11.9. The lowest BCUT2D eigenvalue weighted by atomic mass is 10.2. The maximum absolute atomic E-state index is 4.89. The molecule has 0 saturated heterocycles. The van der Waals surface area contributed by atoms with Crippen molar-refractivity contribution in [2.75, 3.05) is 6.61 Å². The average molecular weight is 277 g/mol. The van der Waals surface area contributed by atoms with Crippen molar-refractivity contribution >= 4 is 28.7 Å². The summed E-state index contributed by atoms with van der Waals surface area (Å²) in [5, 5.41) is 0. The van der Waals surface area contributed by atoms with Gasteiger partial charge in [-0.1, -0.05) is 25.3 Å². The predicted octanol–water partition coefficient (Wildman–Crippen LogP) is 3.07. The number of rotatable bonds is 6. The number of aliphatic imine (C=N–C) groups is 1. The van der Waals surface area contributed by atoms with Crippen LogP contribution in [0.2, 0.25) is 0 Å². The summed E-state index contributed by atoms with van der Waals surface area (Å²) in [7, 11) is 0. The number of halogens is 1. The van der Waals surface area contributed by atoms with E-state index in [0.29, 0.717) is 6.61 Å². The molecule has 0 unspecified atom stereocenters. The van der Waals surface area contributed by atoms with Gasteiger partial charge in [0.2, 0.25) is 0 Å². The van der Waals surface area contributed by atoms with Gasteiger partial charge in [-0.3, -0.25) is 4.99 Å². The molecule has 0 heterocycles. The molecule has 0 rings (SSSR count). The highest BCUT2D eigenvalue weighted by molar-refractivity contribution is 14.1. The first-order valence-electron chi connectivity index (χ1n) is 3.55. The Balaban J connectivity index is 4.03. The molecule has 0 radical (unpaired) electrons. The smallest absolute Gasteiger partial charge is 0.109 e. The van der Waals surface area contributed by atoms with Crippen LogP contribution in [0.3, 0.4) is 0 Å². The lowest BCUT2D eigenvalue weighted by molar-refractivity contribution is 0.443. The fraction of sp³-hybridized carbons (Fsp3) is 0.222. The summed E-state index contributed by atoms with van der Waals surface area (Å²) in [5.41, 5.74) is 0.946. The highest BCUT2D eigenvalue weighted by Gasteiger charge is 1.91. The van der Waals surface area contributed by atoms with E-state index in [4.69, 9.17) is 3.07 Å². The summed E-state index contributed by atoms with van der Waals surface area (Å²) in [6, 6.07) is 0. The van der Waals surface area contributed by atoms with Crippen molar-refractivity contribution in [2.45, 2.75) is 6.42 Å². The third kappa shape index (κ3) is 6.30. The number of nitrogens with zero attached hydrogens (tertiary/aromatic N) is 1. The molecule has 3 heteroatoms. The monoisotopic (exact) mass is 277 g/mol. The maximum atomic E-state index is 4.89. The van der Waals surface area contributed by atoms with Crippen LogP contribution in [-0.2, 0) is 3.07 Å². The van der Waals surface area contributed by atoms with Gasteiger partial charge in [-0.15, -0.1) is 0 Å². The van der Waals surface area contributed by atoms with Gasteiger partial charge in [0.25, 0.3) is 0 Å². The van der Waals surface area contributed by atoms with Crippen LogP contribution >= 0.6 is 23.0 Å². The van der Waals surface area contributed by atoms with E-state index in [9.17, 15) is 0 Å². The van der Waals surface area contributed by atoms with Crippen molar-refractivity contribution in [1.29, 1.82) is 0 Å². The average Bonchev–Trinajstić information content (AvgIpc) is 2.10. The van der Waals surface area contributed by atoms with E-state index in [1.807, 2.05) is 35.2 Å². The lowest BCUT2D eigenvalue weighted by Crippen LogP contribution is -1.96. The standard InChI is InChI=1S/C9H12INO/c1-3-5-6-9(11-4-2)7-8-12-10/h3-6H,1-2,7-8H2/b6-5-,11-9?. The highest BCUT2D eigenvalue weighted by Crippen LogP contribution is 1.95. The maximum Gasteiger partial charge on any atom is 0.109 e. The third-order valence-corrected chi connectivity index (χ3v) is 1.56. The summed E-state index contributed by atoms with van der Waals surface area (Å²) < 4.78 is 4.89. The van der Waals surface area contributed by atoms with Crippen LogP contribution in [0.4, 0.5) is 0 Å². The molecule has 0 N–H and O–H groups in total. The third-order valence-electron chi connectivity index (χ3n) is 1.12. The Kier molecular flexibility index (Phi) is 8.37. The summed E-state index contributed by atoms with van der Waals surface area (Å²) >= 11 is 1.86. The fourth-order valence-electron chi connectivity index (χ4n) is 0.630. The zero-order chi connectivity index (χ0) is 9.23. The van der Waals surface area contributed by atoms with E-state index in [1.165, 1.54) is 6.20 Å². The van der Waals surface area contributed by atoms with Crippen LogP contribution in [0.25, 0.3) is 0 Å². The Bertz CT molecular complexity index is 197. The summed E-state index contributed by atoms with van der Waals surface area (Å²) in [6.45, 7) is 7.76. The largest absolute Gasteiger partial charge is 0.315 e. The van der Waals surface area contributed by atoms with E-state index in [1.54, 1.807) is 6.08 Å². The van der Waals surface area contributed by atoms with Gasteiger partial charge in [0, 0.05) is 18.3 Å². The molecule has 0 aliphatic heterocycles. The Morgan fingerprint density at radius 3 is 2.75 bits per heavy atom. The van der Waals surface area contributed by atoms with Crippen LogP contribution in [0.1, 0.15) is 6.42 Å². The van der Waals surface area contributed by atoms with Gasteiger partial charge in [-0.25, -0.2) is 0 Å². The van der Waals surface area contributed by atoms with Crippen molar-refractivity contribution in [1.82, 2.24) is 0 Å². The van der Waals surface area contributed by atoms with Crippen molar-refractivity contribution in [2.24, 2.45) is 4.99 Å². The summed E-state index contributed by atoms with van der Waals surface area (Å²) in [6.07, 6.45) is 7.76. The fourth-order valence-corrected chi connectivity index (χ4v) is 0.851. The van der Waals surface area contributed by atoms with Crippen molar-refractivity contribution in [3.8, 4) is 0 Å². The zero-order valence-electron chi connectivity index (χ0n) is 6.87. The Morgan fingerprint density at radius 1 is 1.50 bits per heavy atom. The molecular weight excluding hydrogens is 265 g/mol. The molecule has 0 aromatic heterocycles. The lowest BCUT2D eigenvalue weighted by Gasteiger charge is -1.96. The van der Waals surface area contributed by atoms with Crippen molar-refractivity contribution in [3.05, 3.63) is 37.6 Å². The number of hydrogen-bond acceptors (Lipinski definition) is 2. The first kappa shape index (κ1) is 11.6. The zero-order valence-corrected chi connectivity index (χ0v) is 9.03. The van der Waals surface area contributed by atoms with Crippen LogP contribution in [-0.4, -0.2) is 12.3 Å². The number of allylic oxidation sites excluding steroid dienone is 3. The van der Waals surface area contributed by atoms with Gasteiger partial charge >= 0.3 is 0 Å². The first-order chi connectivity index (χ1) is 5.85. The first-order valence-corrected chi connectivity index (χ1v) is 4.43. The van der Waals surface area contributed by atoms with E-state index < -0.39 is 0 Å². The summed E-state index contributed by atoms with van der Waals surface area (Å²) in [5.74, 6) is 0. The molecule has 2 nitrogen and oxygen atoms in total. The SMILES string of the molecule is C=C/C=C\C(CCOI)=NC=C. The predicted molar refractivity (Wildman–Crippen MR) is 61.6 cm³/mol. The highest BCUT2D eigenvalue weighted by atomic mass is 127. The van der Waals surface area contributed by atoms with E-state index in [2.05, 4.69) is 18.2 Å². The minimum absolute atomic E-state index is 0.661. The minimum Gasteiger partial charge on any atom is -0.315 e. The van der Waals surface area contributed by atoms with E-state index >= 15 is 0 Å². The van der Waals surface area contributed by atoms with Gasteiger partial charge in [0.05, 0.1) is 6.61 Å². The van der Waals surface area contributed by atoms with Gasteiger partial charge in [-0.2, -0.15) is 0 Å². The topological polar surface area (TPSA) is 21.6 Å². The van der Waals surface area contributed by atoms with E-state index in [0.717, 1.165) is 12.1 Å². The second-order valence-electron chi connectivity index (χ2n) is 1.96. The Hall–Kier alpha value is -0.420. The second kappa shape index (κ2) is 8.67. The Labute approximate surface area is 87.4 Å². The molecule has 0 atom stereocenters. The van der Waals surface area contributed by atoms with Crippen molar-refractivity contribution < 1.29 is 3.07 Å². The minimum atomic E-state index is 0.661. The van der Waals surface area contributed by atoms with E-state index in [-0.39, 0.29) is 0 Å². The molecule has 0 aromatic rings. The molecule has 0 amide bonds. The van der Waals surface area contributed by atoms with Gasteiger partial charge in [-0.05, 0) is 6.08 Å². The summed E-state index contributed by atoms with van der Waals surface area (Å²) in [4.78, 5) is 4.06. The molecule has 0 saturated carbocycles. The van der Waals surface area contributed by atoms with Crippen LogP contribution in [0.5, 0.6) is 0 Å². The Morgan fingerprint density at radius 2 is 2.25 bits per heavy atom. The molecule has 0 aliphatic carbocycles. The molecule has 0 spiro atoms. The molecule has 0 fully saturated rings. The van der Waals surface area contributed by atoms with Gasteiger partial charge in [0.1, 0.15) is 23.0 Å². The molecular formula is C9H12INO. The molecule has 0 aromatic carbocycles. The second-order valence-corrected chi connectivity index (χ2v) is 2.58.